The summed E-state index contributed by atoms with van der Waals surface area (Å²) in [6.45, 7) is 9.59. The molecule has 23 heavy (non-hydrogen) atoms. The number of para-hydroxylation sites is 2. The summed E-state index contributed by atoms with van der Waals surface area (Å²) in [5.74, 6) is 1.74. The largest absolute Gasteiger partial charge is 0.490 e. The third-order valence-electron chi connectivity index (χ3n) is 4.03. The molecular formula is C18H31ClN2O2. The van der Waals surface area contributed by atoms with Gasteiger partial charge in [0.25, 0.3) is 0 Å². The van der Waals surface area contributed by atoms with E-state index in [0.717, 1.165) is 37.6 Å². The molecule has 0 bridgehead atoms. The molecule has 0 aliphatic carbocycles. The molecule has 1 aliphatic rings. The molecule has 0 amide bonds. The maximum atomic E-state index is 5.89. The van der Waals surface area contributed by atoms with Crippen LogP contribution in [0.2, 0.25) is 0 Å². The fraction of sp³-hybridized carbons (Fsp3) is 0.667. The van der Waals surface area contributed by atoms with E-state index in [1.807, 2.05) is 24.3 Å². The zero-order valence-corrected chi connectivity index (χ0v) is 15.3. The first-order valence-corrected chi connectivity index (χ1v) is 8.55. The molecule has 0 N–H and O–H groups in total. The van der Waals surface area contributed by atoms with E-state index in [4.69, 9.17) is 9.47 Å². The molecule has 5 heteroatoms. The molecule has 0 radical (unpaired) electrons. The van der Waals surface area contributed by atoms with Gasteiger partial charge in [0.15, 0.2) is 11.5 Å². The Bertz CT molecular complexity index is 423. The summed E-state index contributed by atoms with van der Waals surface area (Å²) in [5, 5.41) is 0. The first-order chi connectivity index (χ1) is 10.8. The molecule has 0 atom stereocenters. The Labute approximate surface area is 147 Å². The van der Waals surface area contributed by atoms with Crippen LogP contribution in [0.3, 0.4) is 0 Å². The molecule has 0 aromatic heterocycles. The van der Waals surface area contributed by atoms with Gasteiger partial charge in [0.2, 0.25) is 0 Å². The van der Waals surface area contributed by atoms with Crippen molar-refractivity contribution < 1.29 is 9.47 Å². The van der Waals surface area contributed by atoms with E-state index in [1.54, 1.807) is 0 Å². The lowest BCUT2D eigenvalue weighted by molar-refractivity contribution is 0.149. The van der Waals surface area contributed by atoms with Crippen molar-refractivity contribution in [2.75, 3.05) is 53.0 Å². The number of likely N-dealkylation sites (N-methyl/N-ethyl adjacent to an activating group) is 1. The van der Waals surface area contributed by atoms with Crippen LogP contribution >= 0.6 is 12.4 Å². The molecule has 1 heterocycles. The monoisotopic (exact) mass is 342 g/mol. The zero-order chi connectivity index (χ0) is 15.6. The molecule has 4 nitrogen and oxygen atoms in total. The van der Waals surface area contributed by atoms with Gasteiger partial charge in [0.1, 0.15) is 0 Å². The Morgan fingerprint density at radius 1 is 0.913 bits per heavy atom. The molecule has 1 aromatic rings. The van der Waals surface area contributed by atoms with Gasteiger partial charge >= 0.3 is 0 Å². The van der Waals surface area contributed by atoms with Gasteiger partial charge in [-0.25, -0.2) is 0 Å². The molecule has 0 spiro atoms. The molecule has 0 saturated carbocycles. The number of benzene rings is 1. The fourth-order valence-corrected chi connectivity index (χ4v) is 2.59. The summed E-state index contributed by atoms with van der Waals surface area (Å²) < 4.78 is 11.6. The quantitative estimate of drug-likeness (QED) is 0.643. The average Bonchev–Trinajstić information content (AvgIpc) is 2.55. The van der Waals surface area contributed by atoms with Crippen molar-refractivity contribution in [2.24, 2.45) is 0 Å². The van der Waals surface area contributed by atoms with E-state index in [-0.39, 0.29) is 12.4 Å². The van der Waals surface area contributed by atoms with E-state index in [2.05, 4.69) is 23.8 Å². The van der Waals surface area contributed by atoms with Crippen LogP contribution in [0.25, 0.3) is 0 Å². The van der Waals surface area contributed by atoms with E-state index in [0.29, 0.717) is 0 Å². The van der Waals surface area contributed by atoms with Crippen LogP contribution in [0.5, 0.6) is 11.5 Å². The summed E-state index contributed by atoms with van der Waals surface area (Å²) >= 11 is 0. The number of piperazine rings is 1. The SMILES string of the molecule is CCCOc1ccccc1OCCCCN1CCN(C)CC1.Cl. The lowest BCUT2D eigenvalue weighted by Crippen LogP contribution is -2.44. The van der Waals surface area contributed by atoms with Crippen molar-refractivity contribution in [2.45, 2.75) is 26.2 Å². The number of hydrogen-bond donors (Lipinski definition) is 0. The van der Waals surface area contributed by atoms with Crippen LogP contribution in [0.4, 0.5) is 0 Å². The van der Waals surface area contributed by atoms with Crippen LogP contribution in [0, 0.1) is 0 Å². The van der Waals surface area contributed by atoms with Crippen LogP contribution in [-0.4, -0.2) is 62.8 Å². The number of ether oxygens (including phenoxy) is 2. The molecule has 1 fully saturated rings. The maximum Gasteiger partial charge on any atom is 0.161 e. The van der Waals surface area contributed by atoms with Gasteiger partial charge in [-0.15, -0.1) is 12.4 Å². The Kier molecular flexibility index (Phi) is 10.1. The summed E-state index contributed by atoms with van der Waals surface area (Å²) in [7, 11) is 2.20. The number of nitrogens with zero attached hydrogens (tertiary/aromatic N) is 2. The van der Waals surface area contributed by atoms with E-state index in [9.17, 15) is 0 Å². The number of hydrogen-bond acceptors (Lipinski definition) is 4. The van der Waals surface area contributed by atoms with Crippen molar-refractivity contribution in [1.29, 1.82) is 0 Å². The number of halogens is 1. The molecular weight excluding hydrogens is 312 g/mol. The Morgan fingerprint density at radius 3 is 2.13 bits per heavy atom. The Balaban J connectivity index is 0.00000264. The maximum absolute atomic E-state index is 5.89. The molecule has 132 valence electrons. The standard InChI is InChI=1S/C18H30N2O2.ClH/c1-3-15-21-17-8-4-5-9-18(17)22-16-7-6-10-20-13-11-19(2)12-14-20;/h4-5,8-9H,3,6-7,10-16H2,1-2H3;1H. The highest BCUT2D eigenvalue weighted by Crippen LogP contribution is 2.26. The van der Waals surface area contributed by atoms with Gasteiger partial charge in [-0.1, -0.05) is 19.1 Å². The highest BCUT2D eigenvalue weighted by molar-refractivity contribution is 5.85. The topological polar surface area (TPSA) is 24.9 Å². The lowest BCUT2D eigenvalue weighted by atomic mass is 10.2. The van der Waals surface area contributed by atoms with Crippen LogP contribution in [-0.2, 0) is 0 Å². The van der Waals surface area contributed by atoms with Gasteiger partial charge in [0, 0.05) is 26.2 Å². The first-order valence-electron chi connectivity index (χ1n) is 8.55. The minimum absolute atomic E-state index is 0. The van der Waals surface area contributed by atoms with E-state index in [1.165, 1.54) is 39.1 Å². The average molecular weight is 343 g/mol. The highest BCUT2D eigenvalue weighted by atomic mass is 35.5. The van der Waals surface area contributed by atoms with Gasteiger partial charge in [0.05, 0.1) is 13.2 Å². The third kappa shape index (κ3) is 7.42. The molecule has 1 saturated heterocycles. The summed E-state index contributed by atoms with van der Waals surface area (Å²) in [6, 6.07) is 7.96. The van der Waals surface area contributed by atoms with Crippen LogP contribution in [0.15, 0.2) is 24.3 Å². The van der Waals surface area contributed by atoms with Crippen molar-refractivity contribution in [3.05, 3.63) is 24.3 Å². The molecule has 1 aromatic carbocycles. The second kappa shape index (κ2) is 11.5. The van der Waals surface area contributed by atoms with Gasteiger partial charge in [-0.3, -0.25) is 0 Å². The summed E-state index contributed by atoms with van der Waals surface area (Å²) in [6.07, 6.45) is 3.30. The van der Waals surface area contributed by atoms with Gasteiger partial charge in [-0.05, 0) is 45.0 Å². The minimum atomic E-state index is 0. The van der Waals surface area contributed by atoms with E-state index < -0.39 is 0 Å². The second-order valence-corrected chi connectivity index (χ2v) is 6.00. The van der Waals surface area contributed by atoms with Gasteiger partial charge in [-0.2, -0.15) is 0 Å². The predicted octanol–water partition coefficient (Wildman–Crippen LogP) is 3.30. The Morgan fingerprint density at radius 2 is 1.52 bits per heavy atom. The fourth-order valence-electron chi connectivity index (χ4n) is 2.59. The zero-order valence-electron chi connectivity index (χ0n) is 14.5. The predicted molar refractivity (Wildman–Crippen MR) is 98.1 cm³/mol. The summed E-state index contributed by atoms with van der Waals surface area (Å²) in [4.78, 5) is 4.95. The van der Waals surface area contributed by atoms with Crippen molar-refractivity contribution in [3.63, 3.8) is 0 Å². The first kappa shape index (κ1) is 20.1. The van der Waals surface area contributed by atoms with Crippen molar-refractivity contribution in [3.8, 4) is 11.5 Å². The smallest absolute Gasteiger partial charge is 0.161 e. The number of rotatable bonds is 9. The molecule has 0 unspecified atom stereocenters. The van der Waals surface area contributed by atoms with Gasteiger partial charge < -0.3 is 19.3 Å². The van der Waals surface area contributed by atoms with E-state index >= 15 is 0 Å². The molecule has 1 aliphatic heterocycles. The lowest BCUT2D eigenvalue weighted by Gasteiger charge is -2.32. The highest BCUT2D eigenvalue weighted by Gasteiger charge is 2.12. The second-order valence-electron chi connectivity index (χ2n) is 6.00. The Hall–Kier alpha value is -0.970. The van der Waals surface area contributed by atoms with Crippen LogP contribution in [0.1, 0.15) is 26.2 Å². The van der Waals surface area contributed by atoms with Crippen molar-refractivity contribution in [1.82, 2.24) is 9.80 Å². The molecule has 2 rings (SSSR count). The third-order valence-corrected chi connectivity index (χ3v) is 4.03. The normalized spacial score (nSPS) is 15.9. The summed E-state index contributed by atoms with van der Waals surface area (Å²) in [5.41, 5.74) is 0. The van der Waals surface area contributed by atoms with Crippen molar-refractivity contribution >= 4 is 12.4 Å². The minimum Gasteiger partial charge on any atom is -0.490 e. The number of unbranched alkanes of at least 4 members (excludes halogenated alkanes) is 1. The van der Waals surface area contributed by atoms with Crippen LogP contribution < -0.4 is 9.47 Å².